The first-order valence-corrected chi connectivity index (χ1v) is 7.54. The Morgan fingerprint density at radius 3 is 3.16 bits per heavy atom. The topological polar surface area (TPSA) is 63.6 Å². The number of aromatic nitrogens is 4. The van der Waals surface area contributed by atoms with E-state index < -0.39 is 0 Å². The van der Waals surface area contributed by atoms with Gasteiger partial charge in [0, 0.05) is 19.2 Å². The first kappa shape index (κ1) is 12.5. The van der Waals surface area contributed by atoms with E-state index in [1.165, 1.54) is 31.0 Å². The van der Waals surface area contributed by atoms with Crippen LogP contribution in [0.4, 0.5) is 0 Å². The van der Waals surface area contributed by atoms with Crippen LogP contribution < -0.4 is 0 Å². The minimum absolute atomic E-state index is 0.0981. The molecule has 0 aliphatic carbocycles. The fourth-order valence-electron chi connectivity index (χ4n) is 2.28. The summed E-state index contributed by atoms with van der Waals surface area (Å²) in [7, 11) is 0. The smallest absolute Gasteiger partial charge is 0.191 e. The highest BCUT2D eigenvalue weighted by molar-refractivity contribution is 7.99. The molecule has 0 atom stereocenters. The van der Waals surface area contributed by atoms with Gasteiger partial charge >= 0.3 is 0 Å². The molecule has 100 valence electrons. The predicted octanol–water partition coefficient (Wildman–Crippen LogP) is 2.31. The van der Waals surface area contributed by atoms with E-state index in [0.717, 1.165) is 23.9 Å². The standard InChI is InChI=1S/C13H16N4OS/c18-11(10-5-4-7-14-10)9-19-13-16-15-12-6-2-1-3-8-17(12)13/h4-5,7,14H,1-3,6,8-9H2. The van der Waals surface area contributed by atoms with Crippen LogP contribution in [-0.2, 0) is 13.0 Å². The van der Waals surface area contributed by atoms with Crippen LogP contribution in [0, 0.1) is 0 Å². The first-order chi connectivity index (χ1) is 9.34. The zero-order chi connectivity index (χ0) is 13.1. The number of thioether (sulfide) groups is 1. The van der Waals surface area contributed by atoms with E-state index in [2.05, 4.69) is 19.7 Å². The van der Waals surface area contributed by atoms with Gasteiger partial charge in [-0.1, -0.05) is 18.2 Å². The number of H-pyrrole nitrogens is 1. The first-order valence-electron chi connectivity index (χ1n) is 6.56. The second-order valence-corrected chi connectivity index (χ2v) is 5.60. The highest BCUT2D eigenvalue weighted by Crippen LogP contribution is 2.22. The number of rotatable bonds is 4. The highest BCUT2D eigenvalue weighted by Gasteiger charge is 2.16. The normalized spacial score (nSPS) is 14.9. The molecule has 2 aromatic rings. The molecule has 0 fully saturated rings. The number of aryl methyl sites for hydroxylation is 1. The summed E-state index contributed by atoms with van der Waals surface area (Å²) in [4.78, 5) is 14.9. The molecule has 5 nitrogen and oxygen atoms in total. The lowest BCUT2D eigenvalue weighted by Gasteiger charge is -2.05. The minimum Gasteiger partial charge on any atom is -0.359 e. The van der Waals surface area contributed by atoms with Gasteiger partial charge < -0.3 is 9.55 Å². The van der Waals surface area contributed by atoms with Gasteiger partial charge in [-0.25, -0.2) is 0 Å². The molecule has 0 unspecified atom stereocenters. The molecule has 1 aliphatic heterocycles. The van der Waals surface area contributed by atoms with Gasteiger partial charge in [0.15, 0.2) is 10.9 Å². The Morgan fingerprint density at radius 2 is 2.32 bits per heavy atom. The zero-order valence-corrected chi connectivity index (χ0v) is 11.4. The monoisotopic (exact) mass is 276 g/mol. The van der Waals surface area contributed by atoms with E-state index in [1.54, 1.807) is 12.3 Å². The molecule has 3 heterocycles. The molecule has 3 rings (SSSR count). The van der Waals surface area contributed by atoms with Crippen molar-refractivity contribution in [2.75, 3.05) is 5.75 Å². The van der Waals surface area contributed by atoms with Crippen molar-refractivity contribution in [1.82, 2.24) is 19.7 Å². The van der Waals surface area contributed by atoms with Crippen molar-refractivity contribution in [3.63, 3.8) is 0 Å². The number of carbonyl (C=O) groups is 1. The number of fused-ring (bicyclic) bond motifs is 1. The van der Waals surface area contributed by atoms with E-state index in [9.17, 15) is 4.79 Å². The summed E-state index contributed by atoms with van der Waals surface area (Å²) in [6.45, 7) is 0.974. The maximum atomic E-state index is 11.9. The Bertz CT molecular complexity index is 561. The van der Waals surface area contributed by atoms with Crippen molar-refractivity contribution >= 4 is 17.5 Å². The van der Waals surface area contributed by atoms with Gasteiger partial charge in [-0.3, -0.25) is 4.79 Å². The van der Waals surface area contributed by atoms with Crippen LogP contribution in [0.15, 0.2) is 23.5 Å². The van der Waals surface area contributed by atoms with Gasteiger partial charge in [0.1, 0.15) is 5.82 Å². The van der Waals surface area contributed by atoms with Crippen molar-refractivity contribution in [2.24, 2.45) is 0 Å². The van der Waals surface area contributed by atoms with E-state index >= 15 is 0 Å². The van der Waals surface area contributed by atoms with Crippen LogP contribution in [0.2, 0.25) is 0 Å². The Labute approximate surface area is 115 Å². The minimum atomic E-state index is 0.0981. The van der Waals surface area contributed by atoms with Gasteiger partial charge in [0.2, 0.25) is 0 Å². The highest BCUT2D eigenvalue weighted by atomic mass is 32.2. The molecule has 0 bridgehead atoms. The van der Waals surface area contributed by atoms with Crippen LogP contribution in [0.1, 0.15) is 35.6 Å². The number of ketones is 1. The van der Waals surface area contributed by atoms with Crippen molar-refractivity contribution in [3.8, 4) is 0 Å². The van der Waals surface area contributed by atoms with Gasteiger partial charge in [0.25, 0.3) is 0 Å². The molecule has 0 saturated heterocycles. The summed E-state index contributed by atoms with van der Waals surface area (Å²) in [6.07, 6.45) is 6.36. The number of Topliss-reactive ketones (excluding diaryl/α,β-unsaturated/α-hetero) is 1. The van der Waals surface area contributed by atoms with Gasteiger partial charge in [-0.2, -0.15) is 0 Å². The quantitative estimate of drug-likeness (QED) is 0.687. The summed E-state index contributed by atoms with van der Waals surface area (Å²) in [5.74, 6) is 1.56. The van der Waals surface area contributed by atoms with E-state index in [-0.39, 0.29) is 5.78 Å². The molecule has 0 aromatic carbocycles. The summed E-state index contributed by atoms with van der Waals surface area (Å²) < 4.78 is 2.17. The summed E-state index contributed by atoms with van der Waals surface area (Å²) in [5, 5.41) is 9.31. The maximum Gasteiger partial charge on any atom is 0.191 e. The second-order valence-electron chi connectivity index (χ2n) is 4.66. The van der Waals surface area contributed by atoms with E-state index in [1.807, 2.05) is 6.07 Å². The van der Waals surface area contributed by atoms with Crippen LogP contribution in [-0.4, -0.2) is 31.3 Å². The SMILES string of the molecule is O=C(CSc1nnc2n1CCCCC2)c1ccc[nH]1. The second kappa shape index (κ2) is 5.61. The van der Waals surface area contributed by atoms with Crippen LogP contribution in [0.3, 0.4) is 0 Å². The third kappa shape index (κ3) is 2.73. The predicted molar refractivity (Wildman–Crippen MR) is 73.4 cm³/mol. The summed E-state index contributed by atoms with van der Waals surface area (Å²) >= 11 is 1.48. The van der Waals surface area contributed by atoms with E-state index in [4.69, 9.17) is 0 Å². The molecular formula is C13H16N4OS. The molecule has 6 heteroatoms. The lowest BCUT2D eigenvalue weighted by atomic mass is 10.2. The van der Waals surface area contributed by atoms with Gasteiger partial charge in [-0.15, -0.1) is 10.2 Å². The fraction of sp³-hybridized carbons (Fsp3) is 0.462. The molecule has 0 saturated carbocycles. The van der Waals surface area contributed by atoms with E-state index in [0.29, 0.717) is 11.4 Å². The number of aromatic amines is 1. The average molecular weight is 276 g/mol. The Balaban J connectivity index is 1.67. The Kier molecular flexibility index (Phi) is 3.68. The average Bonchev–Trinajstić information content (AvgIpc) is 3.02. The molecule has 1 N–H and O–H groups in total. The molecule has 19 heavy (non-hydrogen) atoms. The number of hydrogen-bond acceptors (Lipinski definition) is 4. The Morgan fingerprint density at radius 1 is 1.37 bits per heavy atom. The van der Waals surface area contributed by atoms with Crippen LogP contribution in [0.25, 0.3) is 0 Å². The number of nitrogens with one attached hydrogen (secondary N) is 1. The lowest BCUT2D eigenvalue weighted by molar-refractivity contribution is 0.101. The van der Waals surface area contributed by atoms with Crippen molar-refractivity contribution in [2.45, 2.75) is 37.4 Å². The van der Waals surface area contributed by atoms with Crippen molar-refractivity contribution in [3.05, 3.63) is 29.8 Å². The fourth-order valence-corrected chi connectivity index (χ4v) is 3.14. The molecule has 1 aliphatic rings. The molecule has 2 aromatic heterocycles. The maximum absolute atomic E-state index is 11.9. The lowest BCUT2D eigenvalue weighted by Crippen LogP contribution is -2.06. The van der Waals surface area contributed by atoms with Gasteiger partial charge in [0.05, 0.1) is 11.4 Å². The molecule has 0 radical (unpaired) electrons. The molecule has 0 spiro atoms. The van der Waals surface area contributed by atoms with Crippen molar-refractivity contribution < 1.29 is 4.79 Å². The van der Waals surface area contributed by atoms with Gasteiger partial charge in [-0.05, 0) is 25.0 Å². The molecular weight excluding hydrogens is 260 g/mol. The van der Waals surface area contributed by atoms with Crippen molar-refractivity contribution in [1.29, 1.82) is 0 Å². The largest absolute Gasteiger partial charge is 0.359 e. The third-order valence-corrected chi connectivity index (χ3v) is 4.27. The third-order valence-electron chi connectivity index (χ3n) is 3.31. The summed E-state index contributed by atoms with van der Waals surface area (Å²) in [5.41, 5.74) is 0.656. The summed E-state index contributed by atoms with van der Waals surface area (Å²) in [6, 6.07) is 3.63. The number of carbonyl (C=O) groups excluding carboxylic acids is 1. The van der Waals surface area contributed by atoms with Crippen LogP contribution >= 0.6 is 11.8 Å². The van der Waals surface area contributed by atoms with Crippen LogP contribution in [0.5, 0.6) is 0 Å². The number of hydrogen-bond donors (Lipinski definition) is 1. The Hall–Kier alpha value is -1.56. The number of nitrogens with zero attached hydrogens (tertiary/aromatic N) is 3. The zero-order valence-electron chi connectivity index (χ0n) is 10.6. The molecule has 0 amide bonds.